The fraction of sp³-hybridized carbons (Fsp3) is 1.00. The highest BCUT2D eigenvalue weighted by molar-refractivity contribution is 7.80. The van der Waals surface area contributed by atoms with Crippen LogP contribution in [0.4, 0.5) is 0 Å². The van der Waals surface area contributed by atoms with E-state index in [0.717, 1.165) is 19.3 Å². The molecule has 0 aliphatic rings. The summed E-state index contributed by atoms with van der Waals surface area (Å²) in [6.07, 6.45) is 14.8. The molecule has 21 heavy (non-hydrogen) atoms. The molecule has 0 saturated heterocycles. The SMILES string of the molecule is CCCCCCCCCCCCCCOOS(=O)(=O)O.N. The van der Waals surface area contributed by atoms with E-state index in [2.05, 4.69) is 16.1 Å². The van der Waals surface area contributed by atoms with Crippen LogP contribution in [0.1, 0.15) is 84.0 Å². The summed E-state index contributed by atoms with van der Waals surface area (Å²) in [6.45, 7) is 2.43. The lowest BCUT2D eigenvalue weighted by Gasteiger charge is -2.03. The average molecular weight is 327 g/mol. The Kier molecular flexibility index (Phi) is 17.8. The Hall–Kier alpha value is -0.210. The minimum absolute atomic E-state index is 0. The van der Waals surface area contributed by atoms with Crippen molar-refractivity contribution in [3.63, 3.8) is 0 Å². The van der Waals surface area contributed by atoms with Crippen LogP contribution in [0.2, 0.25) is 0 Å². The molecular formula is C14H33NO5S. The number of unbranched alkanes of at least 4 members (excludes halogenated alkanes) is 11. The van der Waals surface area contributed by atoms with Crippen molar-refractivity contribution in [2.45, 2.75) is 84.0 Å². The van der Waals surface area contributed by atoms with Gasteiger partial charge in [-0.15, -0.1) is 0 Å². The van der Waals surface area contributed by atoms with E-state index in [1.165, 1.54) is 57.8 Å². The Labute approximate surface area is 130 Å². The van der Waals surface area contributed by atoms with Gasteiger partial charge in [0.2, 0.25) is 0 Å². The highest BCUT2D eigenvalue weighted by Crippen LogP contribution is 2.11. The molecule has 130 valence electrons. The molecule has 0 amide bonds. The van der Waals surface area contributed by atoms with E-state index in [0.29, 0.717) is 0 Å². The van der Waals surface area contributed by atoms with E-state index < -0.39 is 10.4 Å². The van der Waals surface area contributed by atoms with Gasteiger partial charge >= 0.3 is 10.4 Å². The Morgan fingerprint density at radius 3 is 1.52 bits per heavy atom. The molecule has 6 nitrogen and oxygen atoms in total. The molecule has 0 unspecified atom stereocenters. The Balaban J connectivity index is 0. The monoisotopic (exact) mass is 327 g/mol. The van der Waals surface area contributed by atoms with Crippen LogP contribution in [0, 0.1) is 0 Å². The average Bonchev–Trinajstić information content (AvgIpc) is 2.38. The molecule has 0 fully saturated rings. The van der Waals surface area contributed by atoms with Gasteiger partial charge in [0, 0.05) is 0 Å². The first-order chi connectivity index (χ1) is 9.56. The van der Waals surface area contributed by atoms with Crippen LogP contribution >= 0.6 is 0 Å². The highest BCUT2D eigenvalue weighted by atomic mass is 32.3. The first-order valence-electron chi connectivity index (χ1n) is 7.85. The second-order valence-electron chi connectivity index (χ2n) is 5.21. The second-order valence-corrected chi connectivity index (χ2v) is 6.20. The van der Waals surface area contributed by atoms with Gasteiger partial charge in [-0.25, -0.2) is 4.89 Å². The third-order valence-corrected chi connectivity index (χ3v) is 3.48. The molecule has 0 aromatic rings. The number of hydrogen-bond acceptors (Lipinski definition) is 5. The molecular weight excluding hydrogens is 294 g/mol. The van der Waals surface area contributed by atoms with E-state index in [-0.39, 0.29) is 12.8 Å². The van der Waals surface area contributed by atoms with Gasteiger partial charge in [0.25, 0.3) is 0 Å². The number of hydrogen-bond donors (Lipinski definition) is 2. The van der Waals surface area contributed by atoms with Crippen molar-refractivity contribution < 1.29 is 22.2 Å². The summed E-state index contributed by atoms with van der Waals surface area (Å²) in [5.74, 6) is 0. The van der Waals surface area contributed by atoms with E-state index in [9.17, 15) is 8.42 Å². The zero-order valence-corrected chi connectivity index (χ0v) is 14.2. The van der Waals surface area contributed by atoms with E-state index in [1.807, 2.05) is 0 Å². The van der Waals surface area contributed by atoms with Gasteiger partial charge in [0.05, 0.1) is 6.61 Å². The molecule has 0 saturated carbocycles. The molecule has 0 aliphatic heterocycles. The maximum atomic E-state index is 10.2. The van der Waals surface area contributed by atoms with Gasteiger partial charge in [-0.3, -0.25) is 4.55 Å². The molecule has 0 rings (SSSR count). The zero-order valence-electron chi connectivity index (χ0n) is 13.4. The molecule has 0 spiro atoms. The van der Waals surface area contributed by atoms with Crippen molar-refractivity contribution in [3.8, 4) is 0 Å². The maximum absolute atomic E-state index is 10.2. The summed E-state index contributed by atoms with van der Waals surface area (Å²) in [5, 5.41) is 0. The summed E-state index contributed by atoms with van der Waals surface area (Å²) >= 11 is 0. The molecule has 7 heteroatoms. The van der Waals surface area contributed by atoms with Crippen LogP contribution in [0.5, 0.6) is 0 Å². The van der Waals surface area contributed by atoms with Crippen LogP contribution in [0.25, 0.3) is 0 Å². The molecule has 0 heterocycles. The summed E-state index contributed by atoms with van der Waals surface area (Å²) in [7, 11) is -4.46. The van der Waals surface area contributed by atoms with Gasteiger partial charge in [-0.05, 0) is 6.42 Å². The summed E-state index contributed by atoms with van der Waals surface area (Å²) < 4.78 is 32.3. The van der Waals surface area contributed by atoms with Crippen LogP contribution < -0.4 is 6.15 Å². The van der Waals surface area contributed by atoms with Crippen LogP contribution in [0.3, 0.4) is 0 Å². The van der Waals surface area contributed by atoms with Gasteiger partial charge in [-0.2, -0.15) is 8.42 Å². The Morgan fingerprint density at radius 1 is 0.762 bits per heavy atom. The lowest BCUT2D eigenvalue weighted by molar-refractivity contribution is -0.208. The van der Waals surface area contributed by atoms with E-state index in [1.54, 1.807) is 0 Å². The lowest BCUT2D eigenvalue weighted by atomic mass is 10.1. The van der Waals surface area contributed by atoms with E-state index in [4.69, 9.17) is 4.55 Å². The third kappa shape index (κ3) is 22.2. The minimum atomic E-state index is -4.46. The zero-order chi connectivity index (χ0) is 15.1. The fourth-order valence-electron chi connectivity index (χ4n) is 2.10. The van der Waals surface area contributed by atoms with Crippen LogP contribution in [-0.4, -0.2) is 19.6 Å². The standard InChI is InChI=1S/C14H30O5S.H3N/c1-2-3-4-5-6-7-8-9-10-11-12-13-14-18-19-20(15,16)17;/h2-14H2,1H3,(H,15,16,17);1H3. The van der Waals surface area contributed by atoms with Crippen LogP contribution in [0.15, 0.2) is 0 Å². The van der Waals surface area contributed by atoms with Crippen molar-refractivity contribution in [2.24, 2.45) is 0 Å². The molecule has 0 aromatic heterocycles. The van der Waals surface area contributed by atoms with Crippen molar-refractivity contribution >= 4 is 10.4 Å². The highest BCUT2D eigenvalue weighted by Gasteiger charge is 2.04. The molecule has 0 atom stereocenters. The summed E-state index contributed by atoms with van der Waals surface area (Å²) in [4.78, 5) is 4.35. The molecule has 0 aliphatic carbocycles. The Bertz CT molecular complexity index is 296. The maximum Gasteiger partial charge on any atom is 0.424 e. The van der Waals surface area contributed by atoms with Crippen molar-refractivity contribution in [2.75, 3.05) is 6.61 Å². The van der Waals surface area contributed by atoms with Gasteiger partial charge in [-0.1, -0.05) is 81.9 Å². The van der Waals surface area contributed by atoms with Crippen molar-refractivity contribution in [1.82, 2.24) is 6.15 Å². The predicted molar refractivity (Wildman–Crippen MR) is 84.7 cm³/mol. The molecule has 0 aromatic carbocycles. The molecule has 0 bridgehead atoms. The minimum Gasteiger partial charge on any atom is -0.344 e. The quantitative estimate of drug-likeness (QED) is 0.197. The largest absolute Gasteiger partial charge is 0.424 e. The normalized spacial score (nSPS) is 11.3. The molecule has 0 radical (unpaired) electrons. The van der Waals surface area contributed by atoms with Gasteiger partial charge in [0.1, 0.15) is 0 Å². The fourth-order valence-corrected chi connectivity index (χ4v) is 2.29. The van der Waals surface area contributed by atoms with Gasteiger partial charge in [0.15, 0.2) is 0 Å². The summed E-state index contributed by atoms with van der Waals surface area (Å²) in [5.41, 5.74) is 0. The van der Waals surface area contributed by atoms with E-state index >= 15 is 0 Å². The first-order valence-corrected chi connectivity index (χ1v) is 9.21. The third-order valence-electron chi connectivity index (χ3n) is 3.22. The van der Waals surface area contributed by atoms with Crippen molar-refractivity contribution in [1.29, 1.82) is 0 Å². The summed E-state index contributed by atoms with van der Waals surface area (Å²) in [6, 6.07) is 0. The topological polar surface area (TPSA) is 108 Å². The first kappa shape index (κ1) is 23.1. The number of rotatable bonds is 15. The Morgan fingerprint density at radius 2 is 1.14 bits per heavy atom. The lowest BCUT2D eigenvalue weighted by Crippen LogP contribution is -2.05. The van der Waals surface area contributed by atoms with Gasteiger partial charge < -0.3 is 6.15 Å². The second kappa shape index (κ2) is 16.2. The van der Waals surface area contributed by atoms with Crippen molar-refractivity contribution in [3.05, 3.63) is 0 Å². The predicted octanol–water partition coefficient (Wildman–Crippen LogP) is 4.60. The smallest absolute Gasteiger partial charge is 0.344 e. The van der Waals surface area contributed by atoms with Crippen LogP contribution in [-0.2, 0) is 19.6 Å². The molecule has 4 N–H and O–H groups in total.